The molecule has 0 bridgehead atoms. The minimum absolute atomic E-state index is 0.579. The van der Waals surface area contributed by atoms with Crippen LogP contribution in [0.25, 0.3) is 0 Å². The first-order valence-corrected chi connectivity index (χ1v) is 5.63. The van der Waals surface area contributed by atoms with Crippen molar-refractivity contribution >= 4 is 27.5 Å². The van der Waals surface area contributed by atoms with Crippen molar-refractivity contribution < 1.29 is 5.11 Å². The van der Waals surface area contributed by atoms with Crippen molar-refractivity contribution in [2.24, 2.45) is 0 Å². The highest BCUT2D eigenvalue weighted by Crippen LogP contribution is 2.24. The lowest BCUT2D eigenvalue weighted by Gasteiger charge is -2.37. The van der Waals surface area contributed by atoms with Gasteiger partial charge in [0, 0.05) is 29.0 Å². The molecule has 1 aromatic rings. The SMILES string of the molecule is OC1(Cc2cc(Cl)cc(Br)c2)CNC1. The maximum Gasteiger partial charge on any atom is 0.0935 e. The van der Waals surface area contributed by atoms with Crippen molar-refractivity contribution in [1.82, 2.24) is 5.32 Å². The van der Waals surface area contributed by atoms with Gasteiger partial charge in [-0.3, -0.25) is 0 Å². The minimum atomic E-state index is -0.579. The summed E-state index contributed by atoms with van der Waals surface area (Å²) in [5.41, 5.74) is 0.484. The van der Waals surface area contributed by atoms with Gasteiger partial charge in [-0.05, 0) is 23.8 Å². The highest BCUT2D eigenvalue weighted by molar-refractivity contribution is 9.10. The van der Waals surface area contributed by atoms with Gasteiger partial charge < -0.3 is 10.4 Å². The Morgan fingerprint density at radius 3 is 2.64 bits per heavy atom. The Bertz CT molecular complexity index is 332. The van der Waals surface area contributed by atoms with E-state index in [0.29, 0.717) is 24.5 Å². The smallest absolute Gasteiger partial charge is 0.0935 e. The molecule has 2 N–H and O–H groups in total. The molecule has 1 heterocycles. The van der Waals surface area contributed by atoms with Gasteiger partial charge in [0.25, 0.3) is 0 Å². The van der Waals surface area contributed by atoms with Crippen molar-refractivity contribution in [3.05, 3.63) is 33.3 Å². The molecule has 14 heavy (non-hydrogen) atoms. The van der Waals surface area contributed by atoms with E-state index in [2.05, 4.69) is 21.2 Å². The molecule has 2 nitrogen and oxygen atoms in total. The number of nitrogens with one attached hydrogen (secondary N) is 1. The zero-order chi connectivity index (χ0) is 10.2. The van der Waals surface area contributed by atoms with Gasteiger partial charge in [0.15, 0.2) is 0 Å². The quantitative estimate of drug-likeness (QED) is 0.866. The van der Waals surface area contributed by atoms with Gasteiger partial charge >= 0.3 is 0 Å². The van der Waals surface area contributed by atoms with Crippen LogP contribution in [0, 0.1) is 0 Å². The first-order valence-electron chi connectivity index (χ1n) is 4.45. The summed E-state index contributed by atoms with van der Waals surface area (Å²) in [4.78, 5) is 0. The van der Waals surface area contributed by atoms with Crippen LogP contribution in [0.1, 0.15) is 5.56 Å². The molecule has 1 aliphatic rings. The molecule has 0 amide bonds. The number of halogens is 2. The molecule has 1 saturated heterocycles. The Morgan fingerprint density at radius 1 is 1.43 bits per heavy atom. The summed E-state index contributed by atoms with van der Waals surface area (Å²) in [5.74, 6) is 0. The summed E-state index contributed by atoms with van der Waals surface area (Å²) >= 11 is 9.29. The molecular weight excluding hydrogens is 265 g/mol. The molecule has 0 unspecified atom stereocenters. The molecule has 1 fully saturated rings. The maximum absolute atomic E-state index is 9.92. The van der Waals surface area contributed by atoms with E-state index in [4.69, 9.17) is 11.6 Å². The van der Waals surface area contributed by atoms with Crippen LogP contribution in [-0.4, -0.2) is 23.8 Å². The Morgan fingerprint density at radius 2 is 2.14 bits per heavy atom. The van der Waals surface area contributed by atoms with Crippen LogP contribution in [0.2, 0.25) is 5.02 Å². The zero-order valence-corrected chi connectivity index (χ0v) is 9.90. The van der Waals surface area contributed by atoms with E-state index in [0.717, 1.165) is 10.0 Å². The molecular formula is C10H11BrClNO. The largest absolute Gasteiger partial charge is 0.387 e. The summed E-state index contributed by atoms with van der Waals surface area (Å²) in [6.07, 6.45) is 0.652. The standard InChI is InChI=1S/C10H11BrClNO/c11-8-1-7(2-9(12)3-8)4-10(14)5-13-6-10/h1-3,13-14H,4-6H2. The van der Waals surface area contributed by atoms with E-state index in [-0.39, 0.29) is 0 Å². The van der Waals surface area contributed by atoms with Crippen molar-refractivity contribution in [2.75, 3.05) is 13.1 Å². The van der Waals surface area contributed by atoms with Gasteiger partial charge in [-0.15, -0.1) is 0 Å². The summed E-state index contributed by atoms with van der Waals surface area (Å²) in [5, 5.41) is 13.7. The average molecular weight is 277 g/mol. The van der Waals surface area contributed by atoms with Gasteiger partial charge in [0.05, 0.1) is 5.60 Å². The van der Waals surface area contributed by atoms with E-state index in [9.17, 15) is 5.11 Å². The Labute approximate surface area is 96.4 Å². The first kappa shape index (κ1) is 10.4. The highest BCUT2D eigenvalue weighted by atomic mass is 79.9. The summed E-state index contributed by atoms with van der Waals surface area (Å²) in [6.45, 7) is 1.33. The summed E-state index contributed by atoms with van der Waals surface area (Å²) in [7, 11) is 0. The van der Waals surface area contributed by atoms with Gasteiger partial charge in [-0.25, -0.2) is 0 Å². The summed E-state index contributed by atoms with van der Waals surface area (Å²) < 4.78 is 0.955. The number of rotatable bonds is 2. The van der Waals surface area contributed by atoms with Crippen molar-refractivity contribution in [1.29, 1.82) is 0 Å². The predicted octanol–water partition coefficient (Wildman–Crippen LogP) is 1.98. The van der Waals surface area contributed by atoms with E-state index in [1.54, 1.807) is 0 Å². The van der Waals surface area contributed by atoms with Crippen LogP contribution < -0.4 is 5.32 Å². The molecule has 1 aromatic carbocycles. The third-order valence-electron chi connectivity index (χ3n) is 2.36. The molecule has 0 atom stereocenters. The van der Waals surface area contributed by atoms with Crippen LogP contribution in [0.4, 0.5) is 0 Å². The van der Waals surface area contributed by atoms with E-state index in [1.165, 1.54) is 0 Å². The highest BCUT2D eigenvalue weighted by Gasteiger charge is 2.34. The molecule has 76 valence electrons. The molecule has 4 heteroatoms. The fourth-order valence-electron chi connectivity index (χ4n) is 1.63. The average Bonchev–Trinajstić information content (AvgIpc) is 1.99. The lowest BCUT2D eigenvalue weighted by molar-refractivity contribution is -0.00902. The van der Waals surface area contributed by atoms with Gasteiger partial charge in [-0.1, -0.05) is 27.5 Å². The fourth-order valence-corrected chi connectivity index (χ4v) is 2.56. The number of aliphatic hydroxyl groups is 1. The molecule has 0 spiro atoms. The van der Waals surface area contributed by atoms with Gasteiger partial charge in [0.2, 0.25) is 0 Å². The van der Waals surface area contributed by atoms with Crippen LogP contribution in [0.15, 0.2) is 22.7 Å². The van der Waals surface area contributed by atoms with E-state index >= 15 is 0 Å². The Balaban J connectivity index is 2.16. The molecule has 0 aliphatic carbocycles. The molecule has 0 saturated carbocycles. The second-order valence-electron chi connectivity index (χ2n) is 3.78. The number of hydrogen-bond acceptors (Lipinski definition) is 2. The Hall–Kier alpha value is -0.0900. The molecule has 1 aliphatic heterocycles. The van der Waals surface area contributed by atoms with Gasteiger partial charge in [-0.2, -0.15) is 0 Å². The zero-order valence-electron chi connectivity index (χ0n) is 7.56. The predicted molar refractivity (Wildman–Crippen MR) is 60.7 cm³/mol. The number of benzene rings is 1. The molecule has 0 radical (unpaired) electrons. The lowest BCUT2D eigenvalue weighted by Crippen LogP contribution is -2.60. The van der Waals surface area contributed by atoms with Crippen LogP contribution in [0.5, 0.6) is 0 Å². The monoisotopic (exact) mass is 275 g/mol. The van der Waals surface area contributed by atoms with Crippen LogP contribution >= 0.6 is 27.5 Å². The second kappa shape index (κ2) is 3.81. The molecule has 2 rings (SSSR count). The van der Waals surface area contributed by atoms with Crippen molar-refractivity contribution in [3.8, 4) is 0 Å². The lowest BCUT2D eigenvalue weighted by atomic mass is 9.89. The topological polar surface area (TPSA) is 32.3 Å². The van der Waals surface area contributed by atoms with E-state index in [1.807, 2.05) is 18.2 Å². The number of hydrogen-bond donors (Lipinski definition) is 2. The minimum Gasteiger partial charge on any atom is -0.387 e. The van der Waals surface area contributed by atoms with Crippen molar-refractivity contribution in [2.45, 2.75) is 12.0 Å². The first-order chi connectivity index (χ1) is 6.57. The van der Waals surface area contributed by atoms with E-state index < -0.39 is 5.60 Å². The van der Waals surface area contributed by atoms with Crippen molar-refractivity contribution in [3.63, 3.8) is 0 Å². The Kier molecular flexibility index (Phi) is 2.84. The molecule has 0 aromatic heterocycles. The second-order valence-corrected chi connectivity index (χ2v) is 5.13. The number of β-amino-alcohol motifs (C(OH)–C–C–N with tert-alkyl or cyclic N) is 1. The summed E-state index contributed by atoms with van der Waals surface area (Å²) in [6, 6.07) is 5.72. The van der Waals surface area contributed by atoms with Gasteiger partial charge in [0.1, 0.15) is 0 Å². The van der Waals surface area contributed by atoms with Crippen LogP contribution in [-0.2, 0) is 6.42 Å². The maximum atomic E-state index is 9.92. The third kappa shape index (κ3) is 2.28. The van der Waals surface area contributed by atoms with Crippen LogP contribution in [0.3, 0.4) is 0 Å². The third-order valence-corrected chi connectivity index (χ3v) is 3.04. The normalized spacial score (nSPS) is 19.1. The fraction of sp³-hybridized carbons (Fsp3) is 0.400.